The Morgan fingerprint density at radius 1 is 1.56 bits per heavy atom. The van der Waals surface area contributed by atoms with Crippen LogP contribution in [0.4, 0.5) is 0 Å². The maximum atomic E-state index is 11.7. The molecule has 0 amide bonds. The molecular formula is C12H20O4. The number of carbonyl (C=O) groups excluding carboxylic acids is 2. The highest BCUT2D eigenvalue weighted by molar-refractivity contribution is 5.81. The maximum absolute atomic E-state index is 11.7. The Balaban J connectivity index is 2.42. The molecule has 0 N–H and O–H groups in total. The highest BCUT2D eigenvalue weighted by Gasteiger charge is 2.32. The molecule has 4 nitrogen and oxygen atoms in total. The van der Waals surface area contributed by atoms with Crippen LogP contribution in [-0.4, -0.2) is 24.6 Å². The molecule has 16 heavy (non-hydrogen) atoms. The molecule has 2 unspecified atom stereocenters. The molecule has 0 saturated carbocycles. The number of hydrogen-bond donors (Lipinski definition) is 0. The van der Waals surface area contributed by atoms with E-state index in [-0.39, 0.29) is 17.3 Å². The number of hydrogen-bond acceptors (Lipinski definition) is 4. The summed E-state index contributed by atoms with van der Waals surface area (Å²) in [5.74, 6) is -0.913. The van der Waals surface area contributed by atoms with E-state index < -0.39 is 12.1 Å². The van der Waals surface area contributed by atoms with Gasteiger partial charge in [0.15, 0.2) is 0 Å². The van der Waals surface area contributed by atoms with Crippen LogP contribution >= 0.6 is 0 Å². The minimum absolute atomic E-state index is 0.0780. The van der Waals surface area contributed by atoms with Crippen LogP contribution in [0.2, 0.25) is 0 Å². The van der Waals surface area contributed by atoms with Gasteiger partial charge in [0.25, 0.3) is 0 Å². The molecule has 1 saturated heterocycles. The summed E-state index contributed by atoms with van der Waals surface area (Å²) in [6, 6.07) is 0. The minimum atomic E-state index is -0.685. The number of carbonyl (C=O) groups is 2. The van der Waals surface area contributed by atoms with Gasteiger partial charge in [-0.15, -0.1) is 0 Å². The van der Waals surface area contributed by atoms with E-state index in [2.05, 4.69) is 20.8 Å². The molecule has 0 aromatic carbocycles. The zero-order valence-electron chi connectivity index (χ0n) is 10.4. The van der Waals surface area contributed by atoms with Crippen molar-refractivity contribution in [3.8, 4) is 0 Å². The molecule has 4 heteroatoms. The second kappa shape index (κ2) is 4.85. The van der Waals surface area contributed by atoms with Crippen molar-refractivity contribution in [2.45, 2.75) is 46.6 Å². The van der Waals surface area contributed by atoms with E-state index in [1.807, 2.05) is 6.92 Å². The van der Waals surface area contributed by atoms with Crippen LogP contribution in [0.15, 0.2) is 0 Å². The number of ether oxygens (including phenoxy) is 2. The van der Waals surface area contributed by atoms with Crippen LogP contribution in [0.3, 0.4) is 0 Å². The lowest BCUT2D eigenvalue weighted by Gasteiger charge is -2.22. The highest BCUT2D eigenvalue weighted by atomic mass is 16.6. The van der Waals surface area contributed by atoms with Crippen molar-refractivity contribution >= 4 is 11.9 Å². The van der Waals surface area contributed by atoms with Gasteiger partial charge in [0, 0.05) is 6.42 Å². The van der Waals surface area contributed by atoms with Gasteiger partial charge in [-0.05, 0) is 11.8 Å². The first kappa shape index (κ1) is 13.0. The van der Waals surface area contributed by atoms with Crippen molar-refractivity contribution in [2.24, 2.45) is 11.3 Å². The summed E-state index contributed by atoms with van der Waals surface area (Å²) in [4.78, 5) is 22.8. The SMILES string of the molecule is CC(CC(C)(C)C)C(=O)OC1CCOC1=O. The van der Waals surface area contributed by atoms with Crippen molar-refractivity contribution in [3.05, 3.63) is 0 Å². The predicted molar refractivity (Wildman–Crippen MR) is 58.7 cm³/mol. The van der Waals surface area contributed by atoms with E-state index in [9.17, 15) is 9.59 Å². The molecule has 0 radical (unpaired) electrons. The fraction of sp³-hybridized carbons (Fsp3) is 0.833. The molecule has 92 valence electrons. The van der Waals surface area contributed by atoms with Crippen LogP contribution in [0, 0.1) is 11.3 Å². The Morgan fingerprint density at radius 3 is 2.62 bits per heavy atom. The molecule has 0 spiro atoms. The zero-order valence-corrected chi connectivity index (χ0v) is 10.4. The molecule has 1 fully saturated rings. The lowest BCUT2D eigenvalue weighted by atomic mass is 9.85. The predicted octanol–water partition coefficient (Wildman–Crippen LogP) is 1.92. The number of cyclic esters (lactones) is 1. The van der Waals surface area contributed by atoms with Crippen molar-refractivity contribution < 1.29 is 19.1 Å². The smallest absolute Gasteiger partial charge is 0.347 e. The Labute approximate surface area is 96.3 Å². The lowest BCUT2D eigenvalue weighted by molar-refractivity contribution is -0.163. The summed E-state index contributed by atoms with van der Waals surface area (Å²) in [5, 5.41) is 0. The second-order valence-corrected chi connectivity index (χ2v) is 5.55. The standard InChI is InChI=1S/C12H20O4/c1-8(7-12(2,3)4)10(13)16-9-5-6-15-11(9)14/h8-9H,5-7H2,1-4H3. The Hall–Kier alpha value is -1.06. The molecule has 0 aromatic heterocycles. The second-order valence-electron chi connectivity index (χ2n) is 5.55. The number of rotatable bonds is 3. The van der Waals surface area contributed by atoms with Gasteiger partial charge in [-0.3, -0.25) is 4.79 Å². The van der Waals surface area contributed by atoms with Crippen molar-refractivity contribution in [1.82, 2.24) is 0 Å². The van der Waals surface area contributed by atoms with Gasteiger partial charge in [-0.25, -0.2) is 4.79 Å². The first-order valence-corrected chi connectivity index (χ1v) is 5.67. The minimum Gasteiger partial charge on any atom is -0.463 e. The summed E-state index contributed by atoms with van der Waals surface area (Å²) < 4.78 is 9.85. The summed E-state index contributed by atoms with van der Waals surface area (Å²) >= 11 is 0. The Bertz CT molecular complexity index is 277. The third-order valence-corrected chi connectivity index (χ3v) is 2.47. The normalized spacial score (nSPS) is 22.8. The van der Waals surface area contributed by atoms with E-state index >= 15 is 0 Å². The average Bonchev–Trinajstić information content (AvgIpc) is 2.49. The summed E-state index contributed by atoms with van der Waals surface area (Å²) in [7, 11) is 0. The fourth-order valence-corrected chi connectivity index (χ4v) is 1.84. The van der Waals surface area contributed by atoms with E-state index in [0.29, 0.717) is 13.0 Å². The topological polar surface area (TPSA) is 52.6 Å². The Morgan fingerprint density at radius 2 is 2.19 bits per heavy atom. The maximum Gasteiger partial charge on any atom is 0.347 e. The first-order chi connectivity index (χ1) is 7.29. The van der Waals surface area contributed by atoms with Gasteiger partial charge in [0.1, 0.15) is 0 Å². The molecule has 1 aliphatic rings. The van der Waals surface area contributed by atoms with Gasteiger partial charge in [-0.2, -0.15) is 0 Å². The van der Waals surface area contributed by atoms with Crippen molar-refractivity contribution in [3.63, 3.8) is 0 Å². The van der Waals surface area contributed by atoms with Gasteiger partial charge < -0.3 is 9.47 Å². The van der Waals surface area contributed by atoms with E-state index in [0.717, 1.165) is 6.42 Å². The van der Waals surface area contributed by atoms with E-state index in [1.165, 1.54) is 0 Å². The highest BCUT2D eigenvalue weighted by Crippen LogP contribution is 2.25. The molecule has 1 aliphatic heterocycles. The largest absolute Gasteiger partial charge is 0.463 e. The molecule has 1 heterocycles. The molecule has 1 rings (SSSR count). The summed E-state index contributed by atoms with van der Waals surface area (Å²) in [5.41, 5.74) is 0.0780. The van der Waals surface area contributed by atoms with Crippen LogP contribution in [0.1, 0.15) is 40.5 Å². The molecule has 0 aliphatic carbocycles. The van der Waals surface area contributed by atoms with E-state index in [1.54, 1.807) is 0 Å². The van der Waals surface area contributed by atoms with Crippen LogP contribution in [0.5, 0.6) is 0 Å². The lowest BCUT2D eigenvalue weighted by Crippen LogP contribution is -2.28. The quantitative estimate of drug-likeness (QED) is 0.692. The van der Waals surface area contributed by atoms with Crippen LogP contribution < -0.4 is 0 Å². The Kier molecular flexibility index (Phi) is 3.94. The monoisotopic (exact) mass is 228 g/mol. The van der Waals surface area contributed by atoms with Crippen LogP contribution in [-0.2, 0) is 19.1 Å². The zero-order chi connectivity index (χ0) is 12.3. The fourth-order valence-electron chi connectivity index (χ4n) is 1.84. The van der Waals surface area contributed by atoms with Gasteiger partial charge in [0.05, 0.1) is 12.5 Å². The third-order valence-electron chi connectivity index (χ3n) is 2.47. The molecule has 2 atom stereocenters. The number of esters is 2. The summed E-state index contributed by atoms with van der Waals surface area (Å²) in [6.07, 6.45) is 0.537. The third kappa shape index (κ3) is 3.83. The van der Waals surface area contributed by atoms with Gasteiger partial charge in [-0.1, -0.05) is 27.7 Å². The van der Waals surface area contributed by atoms with Gasteiger partial charge >= 0.3 is 11.9 Å². The van der Waals surface area contributed by atoms with Crippen LogP contribution in [0.25, 0.3) is 0 Å². The molecule has 0 aromatic rings. The van der Waals surface area contributed by atoms with Crippen molar-refractivity contribution in [2.75, 3.05) is 6.61 Å². The van der Waals surface area contributed by atoms with Gasteiger partial charge in [0.2, 0.25) is 6.10 Å². The molecular weight excluding hydrogens is 208 g/mol. The van der Waals surface area contributed by atoms with E-state index in [4.69, 9.17) is 9.47 Å². The average molecular weight is 228 g/mol. The van der Waals surface area contributed by atoms with Crippen molar-refractivity contribution in [1.29, 1.82) is 0 Å². The summed E-state index contributed by atoms with van der Waals surface area (Å²) in [6.45, 7) is 8.39. The molecule has 0 bridgehead atoms. The first-order valence-electron chi connectivity index (χ1n) is 5.67.